The molecule has 0 spiro atoms. The number of unbranched alkanes of at least 4 members (excludes halogenated alkanes) is 5. The first-order chi connectivity index (χ1) is 14.9. The van der Waals surface area contributed by atoms with E-state index in [9.17, 15) is 14.4 Å². The highest BCUT2D eigenvalue weighted by atomic mass is 79.9. The van der Waals surface area contributed by atoms with Crippen LogP contribution in [0.1, 0.15) is 45.4 Å². The summed E-state index contributed by atoms with van der Waals surface area (Å²) in [5.74, 6) is 0.0832. The number of amides is 1. The summed E-state index contributed by atoms with van der Waals surface area (Å²) in [5.41, 5.74) is -1.13. The molecular weight excluding hydrogens is 490 g/mol. The molecule has 182 valence electrons. The van der Waals surface area contributed by atoms with Gasteiger partial charge in [-0.15, -0.1) is 0 Å². The molecule has 0 radical (unpaired) electrons. The van der Waals surface area contributed by atoms with Crippen molar-refractivity contribution in [2.75, 3.05) is 64.9 Å². The van der Waals surface area contributed by atoms with Crippen molar-refractivity contribution in [2.24, 2.45) is 5.41 Å². The summed E-state index contributed by atoms with van der Waals surface area (Å²) >= 11 is 4.43. The molecule has 0 saturated carbocycles. The molecule has 1 amide bonds. The monoisotopic (exact) mass is 527 g/mol. The Morgan fingerprint density at radius 1 is 0.903 bits per heavy atom. The Labute approximate surface area is 199 Å². The molecule has 0 bridgehead atoms. The lowest BCUT2D eigenvalue weighted by Crippen LogP contribution is -2.37. The minimum atomic E-state index is -1.13. The van der Waals surface area contributed by atoms with Gasteiger partial charge in [0.15, 0.2) is 0 Å². The van der Waals surface area contributed by atoms with Crippen molar-refractivity contribution in [2.45, 2.75) is 45.4 Å². The lowest BCUT2D eigenvalue weighted by atomic mass is 9.96. The molecule has 0 aliphatic heterocycles. The van der Waals surface area contributed by atoms with Crippen LogP contribution in [0.25, 0.3) is 0 Å². The first-order valence-corrected chi connectivity index (χ1v) is 12.8. The first kappa shape index (κ1) is 30.3. The number of nitrogens with one attached hydrogen (secondary N) is 1. The van der Waals surface area contributed by atoms with Gasteiger partial charge in [0.1, 0.15) is 12.0 Å². The number of ether oxygens (including phenoxy) is 4. The van der Waals surface area contributed by atoms with Gasteiger partial charge in [-0.2, -0.15) is 0 Å². The first-order valence-electron chi connectivity index (χ1n) is 10.6. The third-order valence-electron chi connectivity index (χ3n) is 4.52. The van der Waals surface area contributed by atoms with Gasteiger partial charge in [-0.05, 0) is 19.8 Å². The molecular formula is C21H38BrNO7S. The summed E-state index contributed by atoms with van der Waals surface area (Å²) in [7, 11) is 2.91. The van der Waals surface area contributed by atoms with Gasteiger partial charge in [0, 0.05) is 24.7 Å². The van der Waals surface area contributed by atoms with Gasteiger partial charge in [-0.1, -0.05) is 53.4 Å². The van der Waals surface area contributed by atoms with Crippen molar-refractivity contribution < 1.29 is 33.3 Å². The maximum atomic E-state index is 12.3. The van der Waals surface area contributed by atoms with Crippen LogP contribution in [-0.4, -0.2) is 81.9 Å². The zero-order valence-corrected chi connectivity index (χ0v) is 21.4. The summed E-state index contributed by atoms with van der Waals surface area (Å²) in [6.07, 6.45) is 6.12. The van der Waals surface area contributed by atoms with E-state index in [4.69, 9.17) is 18.9 Å². The van der Waals surface area contributed by atoms with Crippen LogP contribution in [-0.2, 0) is 33.3 Å². The highest BCUT2D eigenvalue weighted by Gasteiger charge is 2.41. The molecule has 0 aromatic carbocycles. The quantitative estimate of drug-likeness (QED) is 0.111. The average Bonchev–Trinajstić information content (AvgIpc) is 2.78. The second kappa shape index (κ2) is 20.0. The van der Waals surface area contributed by atoms with Crippen molar-refractivity contribution in [3.63, 3.8) is 0 Å². The van der Waals surface area contributed by atoms with Gasteiger partial charge in [0.25, 0.3) is 0 Å². The van der Waals surface area contributed by atoms with E-state index in [2.05, 4.69) is 21.2 Å². The van der Waals surface area contributed by atoms with Crippen LogP contribution in [0.4, 0.5) is 0 Å². The number of halogens is 1. The SMILES string of the molecule is COCCOCCOCC(=O)NCCCCCCCCSC(=O)C(C)(CBr)C(=O)OC. The molecule has 10 heteroatoms. The predicted octanol–water partition coefficient (Wildman–Crippen LogP) is 2.96. The Bertz CT molecular complexity index is 510. The number of alkyl halides is 1. The second-order valence-electron chi connectivity index (χ2n) is 7.22. The zero-order valence-electron chi connectivity index (χ0n) is 19.0. The van der Waals surface area contributed by atoms with Crippen molar-refractivity contribution in [1.82, 2.24) is 5.32 Å². The van der Waals surface area contributed by atoms with Crippen LogP contribution in [0.5, 0.6) is 0 Å². The highest BCUT2D eigenvalue weighted by Crippen LogP contribution is 2.29. The Morgan fingerprint density at radius 2 is 1.52 bits per heavy atom. The van der Waals surface area contributed by atoms with Crippen LogP contribution >= 0.6 is 27.7 Å². The molecule has 0 aliphatic carbocycles. The van der Waals surface area contributed by atoms with Gasteiger partial charge >= 0.3 is 5.97 Å². The molecule has 1 atom stereocenters. The van der Waals surface area contributed by atoms with E-state index < -0.39 is 11.4 Å². The lowest BCUT2D eigenvalue weighted by Gasteiger charge is -2.21. The Kier molecular flexibility index (Phi) is 19.5. The minimum Gasteiger partial charge on any atom is -0.468 e. The summed E-state index contributed by atoms with van der Waals surface area (Å²) in [6.45, 7) is 4.21. The third kappa shape index (κ3) is 14.9. The Balaban J connectivity index is 3.53. The molecule has 1 unspecified atom stereocenters. The molecule has 0 fully saturated rings. The molecule has 0 aromatic rings. The van der Waals surface area contributed by atoms with E-state index in [1.54, 1.807) is 14.0 Å². The van der Waals surface area contributed by atoms with E-state index in [1.165, 1.54) is 18.9 Å². The summed E-state index contributed by atoms with van der Waals surface area (Å²) in [5, 5.41) is 2.94. The van der Waals surface area contributed by atoms with Crippen LogP contribution in [0.3, 0.4) is 0 Å². The van der Waals surface area contributed by atoms with Crippen molar-refractivity contribution in [3.05, 3.63) is 0 Å². The third-order valence-corrected chi connectivity index (χ3v) is 6.84. The fourth-order valence-corrected chi connectivity index (χ4v) is 4.16. The summed E-state index contributed by atoms with van der Waals surface area (Å²) in [6, 6.07) is 0. The van der Waals surface area contributed by atoms with Gasteiger partial charge < -0.3 is 24.3 Å². The van der Waals surface area contributed by atoms with E-state index in [0.29, 0.717) is 38.7 Å². The number of hydrogen-bond donors (Lipinski definition) is 1. The number of carbonyl (C=O) groups excluding carboxylic acids is 3. The molecule has 1 N–H and O–H groups in total. The molecule has 0 saturated heterocycles. The van der Waals surface area contributed by atoms with Crippen molar-refractivity contribution >= 4 is 44.7 Å². The number of hydrogen-bond acceptors (Lipinski definition) is 8. The standard InChI is InChI=1S/C21H38BrNO7S/c1-21(17-22,19(25)28-3)20(26)31-15-9-7-5-4-6-8-10-23-18(24)16-30-14-13-29-12-11-27-2/h4-17H2,1-3H3,(H,23,24). The van der Waals surface area contributed by atoms with Gasteiger partial charge in [0.05, 0.1) is 33.5 Å². The van der Waals surface area contributed by atoms with Crippen LogP contribution in [0.15, 0.2) is 0 Å². The molecule has 31 heavy (non-hydrogen) atoms. The van der Waals surface area contributed by atoms with Gasteiger partial charge in [-0.25, -0.2) is 0 Å². The van der Waals surface area contributed by atoms with Gasteiger partial charge in [-0.3, -0.25) is 14.4 Å². The van der Waals surface area contributed by atoms with E-state index in [1.807, 2.05) is 0 Å². The predicted molar refractivity (Wildman–Crippen MR) is 126 cm³/mol. The minimum absolute atomic E-state index is 0.0497. The second-order valence-corrected chi connectivity index (χ2v) is 8.85. The van der Waals surface area contributed by atoms with Crippen molar-refractivity contribution in [3.8, 4) is 0 Å². The van der Waals surface area contributed by atoms with Crippen LogP contribution < -0.4 is 5.32 Å². The average molecular weight is 529 g/mol. The van der Waals surface area contributed by atoms with E-state index in [-0.39, 0.29) is 23.0 Å². The summed E-state index contributed by atoms with van der Waals surface area (Å²) < 4.78 is 20.1. The molecule has 0 aromatic heterocycles. The summed E-state index contributed by atoms with van der Waals surface area (Å²) in [4.78, 5) is 35.7. The smallest absolute Gasteiger partial charge is 0.320 e. The van der Waals surface area contributed by atoms with Gasteiger partial charge in [0.2, 0.25) is 11.0 Å². The topological polar surface area (TPSA) is 100 Å². The molecule has 0 rings (SSSR count). The molecule has 8 nitrogen and oxygen atoms in total. The van der Waals surface area contributed by atoms with Crippen molar-refractivity contribution in [1.29, 1.82) is 0 Å². The van der Waals surface area contributed by atoms with Crippen LogP contribution in [0, 0.1) is 5.41 Å². The number of thioether (sulfide) groups is 1. The molecule has 0 aliphatic rings. The highest BCUT2D eigenvalue weighted by molar-refractivity contribution is 9.09. The Morgan fingerprint density at radius 3 is 2.16 bits per heavy atom. The maximum absolute atomic E-state index is 12.3. The molecule has 0 heterocycles. The number of methoxy groups -OCH3 is 2. The fourth-order valence-electron chi connectivity index (χ4n) is 2.48. The Hall–Kier alpha value is -0.680. The van der Waals surface area contributed by atoms with Crippen LogP contribution in [0.2, 0.25) is 0 Å². The number of rotatable bonds is 20. The largest absolute Gasteiger partial charge is 0.468 e. The van der Waals surface area contributed by atoms with E-state index in [0.717, 1.165) is 38.5 Å². The maximum Gasteiger partial charge on any atom is 0.320 e. The van der Waals surface area contributed by atoms with E-state index >= 15 is 0 Å². The lowest BCUT2D eigenvalue weighted by molar-refractivity contribution is -0.152. The fraction of sp³-hybridized carbons (Fsp3) is 0.857. The number of esters is 1. The zero-order chi connectivity index (χ0) is 23.4. The normalized spacial score (nSPS) is 12.9. The number of carbonyl (C=O) groups is 3.